The first kappa shape index (κ1) is 19.9. The molecule has 0 radical (unpaired) electrons. The number of methoxy groups -OCH3 is 1. The van der Waals surface area contributed by atoms with Crippen molar-refractivity contribution in [3.05, 3.63) is 89.7 Å². The summed E-state index contributed by atoms with van der Waals surface area (Å²) in [5.41, 5.74) is 1.95. The molecule has 0 bridgehead atoms. The fourth-order valence-electron chi connectivity index (χ4n) is 2.53. The van der Waals surface area contributed by atoms with Crippen molar-refractivity contribution in [2.45, 2.75) is 18.0 Å². The van der Waals surface area contributed by atoms with E-state index in [1.54, 1.807) is 48.5 Å². The zero-order valence-electron chi connectivity index (χ0n) is 15.3. The molecule has 0 atom stereocenters. The van der Waals surface area contributed by atoms with Gasteiger partial charge in [-0.2, -0.15) is 8.42 Å². The molecule has 0 saturated heterocycles. The van der Waals surface area contributed by atoms with Gasteiger partial charge in [0.2, 0.25) is 0 Å². The SMILES string of the molecule is COc1ccc(S(=O)(=O)Oc2ccc(CNCc3ccc(F)cc3)cc2)cc1. The maximum atomic E-state index is 12.9. The number of rotatable bonds is 8. The Bertz CT molecular complexity index is 1000. The van der Waals surface area contributed by atoms with Gasteiger partial charge in [0, 0.05) is 13.1 Å². The smallest absolute Gasteiger partial charge is 0.339 e. The normalized spacial score (nSPS) is 11.2. The monoisotopic (exact) mass is 401 g/mol. The lowest BCUT2D eigenvalue weighted by Gasteiger charge is -2.09. The Balaban J connectivity index is 1.56. The van der Waals surface area contributed by atoms with E-state index < -0.39 is 10.1 Å². The summed E-state index contributed by atoms with van der Waals surface area (Å²) in [6.45, 7) is 1.19. The minimum absolute atomic E-state index is 0.0540. The highest BCUT2D eigenvalue weighted by atomic mass is 32.2. The Morgan fingerprint density at radius 3 is 1.82 bits per heavy atom. The molecule has 0 aromatic heterocycles. The van der Waals surface area contributed by atoms with Gasteiger partial charge in [0.05, 0.1) is 7.11 Å². The maximum absolute atomic E-state index is 12.9. The van der Waals surface area contributed by atoms with Gasteiger partial charge in [0.15, 0.2) is 0 Å². The maximum Gasteiger partial charge on any atom is 0.339 e. The minimum Gasteiger partial charge on any atom is -0.497 e. The third-order valence-electron chi connectivity index (χ3n) is 4.05. The summed E-state index contributed by atoms with van der Waals surface area (Å²) < 4.78 is 47.8. The Kier molecular flexibility index (Phi) is 6.28. The molecule has 0 aliphatic carbocycles. The lowest BCUT2D eigenvalue weighted by atomic mass is 10.2. The summed E-state index contributed by atoms with van der Waals surface area (Å²) in [4.78, 5) is 0.0540. The molecule has 0 aliphatic heterocycles. The van der Waals surface area contributed by atoms with Crippen LogP contribution in [0.4, 0.5) is 4.39 Å². The molecule has 28 heavy (non-hydrogen) atoms. The molecule has 7 heteroatoms. The van der Waals surface area contributed by atoms with E-state index in [0.29, 0.717) is 18.8 Å². The number of halogens is 1. The zero-order valence-corrected chi connectivity index (χ0v) is 16.1. The van der Waals surface area contributed by atoms with Crippen LogP contribution in [-0.4, -0.2) is 15.5 Å². The summed E-state index contributed by atoms with van der Waals surface area (Å²) >= 11 is 0. The molecule has 0 spiro atoms. The topological polar surface area (TPSA) is 64.6 Å². The van der Waals surface area contributed by atoms with Crippen LogP contribution in [0.1, 0.15) is 11.1 Å². The first-order valence-electron chi connectivity index (χ1n) is 8.59. The van der Waals surface area contributed by atoms with Crippen LogP contribution >= 0.6 is 0 Å². The fourth-order valence-corrected chi connectivity index (χ4v) is 3.46. The molecular weight excluding hydrogens is 381 g/mol. The molecule has 0 heterocycles. The first-order valence-corrected chi connectivity index (χ1v) is 10.00. The quantitative estimate of drug-likeness (QED) is 0.580. The van der Waals surface area contributed by atoms with Crippen molar-refractivity contribution in [3.63, 3.8) is 0 Å². The second-order valence-corrected chi connectivity index (χ2v) is 7.63. The third kappa shape index (κ3) is 5.31. The second-order valence-electron chi connectivity index (χ2n) is 6.09. The molecule has 0 amide bonds. The molecular formula is C21H20FNO4S. The van der Waals surface area contributed by atoms with Crippen LogP contribution in [0.2, 0.25) is 0 Å². The number of ether oxygens (including phenoxy) is 1. The molecule has 0 saturated carbocycles. The van der Waals surface area contributed by atoms with E-state index in [2.05, 4.69) is 5.32 Å². The van der Waals surface area contributed by atoms with Crippen molar-refractivity contribution in [3.8, 4) is 11.5 Å². The van der Waals surface area contributed by atoms with Crippen LogP contribution in [0.25, 0.3) is 0 Å². The number of benzene rings is 3. The Morgan fingerprint density at radius 1 is 0.786 bits per heavy atom. The molecule has 3 rings (SSSR count). The van der Waals surface area contributed by atoms with Crippen LogP contribution in [-0.2, 0) is 23.2 Å². The Morgan fingerprint density at radius 2 is 1.29 bits per heavy atom. The van der Waals surface area contributed by atoms with Gasteiger partial charge < -0.3 is 14.2 Å². The lowest BCUT2D eigenvalue weighted by molar-refractivity contribution is 0.414. The van der Waals surface area contributed by atoms with Gasteiger partial charge >= 0.3 is 10.1 Å². The van der Waals surface area contributed by atoms with Gasteiger partial charge in [0.25, 0.3) is 0 Å². The molecule has 0 aliphatic rings. The Hall–Kier alpha value is -2.90. The highest BCUT2D eigenvalue weighted by Gasteiger charge is 2.16. The lowest BCUT2D eigenvalue weighted by Crippen LogP contribution is -2.13. The van der Waals surface area contributed by atoms with Crippen molar-refractivity contribution < 1.29 is 21.7 Å². The number of hydrogen-bond acceptors (Lipinski definition) is 5. The van der Waals surface area contributed by atoms with E-state index in [0.717, 1.165) is 11.1 Å². The molecule has 0 unspecified atom stereocenters. The van der Waals surface area contributed by atoms with Gasteiger partial charge in [-0.05, 0) is 59.7 Å². The molecule has 1 N–H and O–H groups in total. The summed E-state index contributed by atoms with van der Waals surface area (Å²) in [6.07, 6.45) is 0. The predicted molar refractivity (Wildman–Crippen MR) is 104 cm³/mol. The molecule has 0 fully saturated rings. The standard InChI is InChI=1S/C21H20FNO4S/c1-26-19-10-12-21(13-11-19)28(24,25)27-20-8-4-17(5-9-20)15-23-14-16-2-6-18(22)7-3-16/h2-13,23H,14-15H2,1H3. The summed E-state index contributed by atoms with van der Waals surface area (Å²) in [5.74, 6) is 0.540. The van der Waals surface area contributed by atoms with Gasteiger partial charge in [-0.1, -0.05) is 24.3 Å². The molecule has 3 aromatic carbocycles. The van der Waals surface area contributed by atoms with Gasteiger partial charge in [-0.25, -0.2) is 4.39 Å². The largest absolute Gasteiger partial charge is 0.497 e. The highest BCUT2D eigenvalue weighted by molar-refractivity contribution is 7.87. The van der Waals surface area contributed by atoms with E-state index in [1.165, 1.54) is 31.4 Å². The van der Waals surface area contributed by atoms with E-state index in [9.17, 15) is 12.8 Å². The molecule has 3 aromatic rings. The van der Waals surface area contributed by atoms with Crippen LogP contribution in [0.15, 0.2) is 77.7 Å². The van der Waals surface area contributed by atoms with E-state index >= 15 is 0 Å². The summed E-state index contributed by atoms with van der Waals surface area (Å²) in [7, 11) is -2.40. The van der Waals surface area contributed by atoms with Crippen molar-refractivity contribution in [1.29, 1.82) is 0 Å². The average Bonchev–Trinajstić information content (AvgIpc) is 2.70. The van der Waals surface area contributed by atoms with E-state index in [-0.39, 0.29) is 16.5 Å². The van der Waals surface area contributed by atoms with Crippen LogP contribution in [0.3, 0.4) is 0 Å². The molecule has 146 valence electrons. The van der Waals surface area contributed by atoms with Crippen molar-refractivity contribution in [1.82, 2.24) is 5.32 Å². The molecule has 5 nitrogen and oxygen atoms in total. The fraction of sp³-hybridized carbons (Fsp3) is 0.143. The number of hydrogen-bond donors (Lipinski definition) is 1. The van der Waals surface area contributed by atoms with Crippen LogP contribution in [0.5, 0.6) is 11.5 Å². The predicted octanol–water partition coefficient (Wildman–Crippen LogP) is 3.89. The number of nitrogens with one attached hydrogen (secondary N) is 1. The highest BCUT2D eigenvalue weighted by Crippen LogP contribution is 2.21. The van der Waals surface area contributed by atoms with Gasteiger partial charge in [-0.3, -0.25) is 0 Å². The summed E-state index contributed by atoms with van der Waals surface area (Å²) in [5, 5.41) is 3.25. The van der Waals surface area contributed by atoms with Crippen molar-refractivity contribution in [2.75, 3.05) is 7.11 Å². The van der Waals surface area contributed by atoms with Gasteiger partial charge in [0.1, 0.15) is 22.2 Å². The third-order valence-corrected chi connectivity index (χ3v) is 5.31. The van der Waals surface area contributed by atoms with E-state index in [4.69, 9.17) is 8.92 Å². The van der Waals surface area contributed by atoms with Crippen molar-refractivity contribution in [2.24, 2.45) is 0 Å². The average molecular weight is 401 g/mol. The summed E-state index contributed by atoms with van der Waals surface area (Å²) in [6, 6.07) is 19.1. The van der Waals surface area contributed by atoms with Crippen LogP contribution in [0, 0.1) is 5.82 Å². The van der Waals surface area contributed by atoms with Crippen molar-refractivity contribution >= 4 is 10.1 Å². The zero-order chi connectivity index (χ0) is 20.0. The van der Waals surface area contributed by atoms with Crippen LogP contribution < -0.4 is 14.2 Å². The first-order chi connectivity index (χ1) is 13.5. The minimum atomic E-state index is -3.91. The Labute approximate surface area is 163 Å². The second kappa shape index (κ2) is 8.86. The van der Waals surface area contributed by atoms with E-state index in [1.807, 2.05) is 0 Å². The van der Waals surface area contributed by atoms with Gasteiger partial charge in [-0.15, -0.1) is 0 Å².